The van der Waals surface area contributed by atoms with Crippen molar-refractivity contribution in [2.24, 2.45) is 7.05 Å². The highest BCUT2D eigenvalue weighted by atomic mass is 19.3. The number of nitrogens with zero attached hydrogens (tertiary/aromatic N) is 5. The standard InChI is InChI=1S/C29H28F2N6O2/c1-18-13-19(7-10-24(18)38-20-8-9-23-22(14-20)34-17-37(23)3)35-28-27-21(32-16-33-28)5-4-6-25(27)39-26-11-12-36(2)15-29(26,30)31/h4-10,13-14,16-17,26H,11-12,15H2,1-3H3,(H,32,33,35). The van der Waals surface area contributed by atoms with Gasteiger partial charge in [0.1, 0.15) is 29.4 Å². The van der Waals surface area contributed by atoms with Crippen molar-refractivity contribution in [1.82, 2.24) is 24.4 Å². The van der Waals surface area contributed by atoms with Crippen LogP contribution >= 0.6 is 0 Å². The van der Waals surface area contributed by atoms with Gasteiger partial charge < -0.3 is 24.3 Å². The molecular weight excluding hydrogens is 502 g/mol. The van der Waals surface area contributed by atoms with Crippen LogP contribution in [-0.2, 0) is 7.05 Å². The lowest BCUT2D eigenvalue weighted by Gasteiger charge is -2.36. The van der Waals surface area contributed by atoms with E-state index < -0.39 is 12.0 Å². The average molecular weight is 531 g/mol. The average Bonchev–Trinajstić information content (AvgIpc) is 3.27. The van der Waals surface area contributed by atoms with Crippen LogP contribution in [0.15, 0.2) is 67.3 Å². The Morgan fingerprint density at radius 1 is 0.974 bits per heavy atom. The number of ether oxygens (including phenoxy) is 2. The molecule has 2 aromatic heterocycles. The summed E-state index contributed by atoms with van der Waals surface area (Å²) in [6.45, 7) is 2.15. The molecule has 10 heteroatoms. The third-order valence-corrected chi connectivity index (χ3v) is 6.98. The lowest BCUT2D eigenvalue weighted by molar-refractivity contribution is -0.134. The summed E-state index contributed by atoms with van der Waals surface area (Å²) in [6.07, 6.45) is 2.21. The molecule has 0 amide bonds. The van der Waals surface area contributed by atoms with Crippen molar-refractivity contribution in [2.45, 2.75) is 25.4 Å². The summed E-state index contributed by atoms with van der Waals surface area (Å²) in [5.41, 5.74) is 4.15. The quantitative estimate of drug-likeness (QED) is 0.285. The molecule has 0 radical (unpaired) electrons. The maximum atomic E-state index is 14.7. The van der Waals surface area contributed by atoms with Crippen LogP contribution in [0.25, 0.3) is 21.9 Å². The fourth-order valence-electron chi connectivity index (χ4n) is 4.94. The number of hydrogen-bond donors (Lipinski definition) is 1. The van der Waals surface area contributed by atoms with E-state index >= 15 is 0 Å². The first-order valence-corrected chi connectivity index (χ1v) is 12.7. The molecule has 3 aromatic carbocycles. The van der Waals surface area contributed by atoms with Crippen LogP contribution in [0.2, 0.25) is 0 Å². The Morgan fingerprint density at radius 2 is 1.85 bits per heavy atom. The number of imidazole rings is 1. The van der Waals surface area contributed by atoms with E-state index in [1.54, 1.807) is 30.4 Å². The van der Waals surface area contributed by atoms with Crippen LogP contribution in [0, 0.1) is 6.92 Å². The molecule has 0 aliphatic carbocycles. The van der Waals surface area contributed by atoms with Gasteiger partial charge in [0.05, 0.1) is 34.8 Å². The van der Waals surface area contributed by atoms with Gasteiger partial charge in [-0.2, -0.15) is 0 Å². The lowest BCUT2D eigenvalue weighted by atomic mass is 10.0. The van der Waals surface area contributed by atoms with Gasteiger partial charge in [0, 0.05) is 31.8 Å². The summed E-state index contributed by atoms with van der Waals surface area (Å²) in [5.74, 6) is -0.768. The Balaban J connectivity index is 1.26. The first-order valence-electron chi connectivity index (χ1n) is 12.7. The number of alkyl halides is 2. The number of anilines is 2. The minimum Gasteiger partial charge on any atom is -0.483 e. The number of rotatable bonds is 6. The molecule has 6 rings (SSSR count). The Labute approximate surface area is 224 Å². The summed E-state index contributed by atoms with van der Waals surface area (Å²) in [6, 6.07) is 16.7. The number of halogens is 2. The van der Waals surface area contributed by atoms with E-state index in [-0.39, 0.29) is 13.0 Å². The zero-order valence-electron chi connectivity index (χ0n) is 21.9. The Kier molecular flexibility index (Phi) is 6.26. The number of hydrogen-bond acceptors (Lipinski definition) is 7. The molecule has 1 unspecified atom stereocenters. The molecule has 8 nitrogen and oxygen atoms in total. The van der Waals surface area contributed by atoms with E-state index in [1.807, 2.05) is 61.0 Å². The Morgan fingerprint density at radius 3 is 2.67 bits per heavy atom. The van der Waals surface area contributed by atoms with Crippen LogP contribution in [0.4, 0.5) is 20.3 Å². The Bertz CT molecular complexity index is 1670. The summed E-state index contributed by atoms with van der Waals surface area (Å²) in [5, 5.41) is 3.87. The molecule has 1 atom stereocenters. The molecule has 1 fully saturated rings. The summed E-state index contributed by atoms with van der Waals surface area (Å²) in [7, 11) is 3.64. The van der Waals surface area contributed by atoms with Crippen LogP contribution in [-0.4, -0.2) is 56.6 Å². The maximum Gasteiger partial charge on any atom is 0.296 e. The highest BCUT2D eigenvalue weighted by Crippen LogP contribution is 2.37. The second kappa shape index (κ2) is 9.77. The van der Waals surface area contributed by atoms with E-state index in [1.165, 1.54) is 6.33 Å². The highest BCUT2D eigenvalue weighted by molar-refractivity contribution is 5.95. The molecule has 1 N–H and O–H groups in total. The molecule has 0 saturated carbocycles. The zero-order valence-corrected chi connectivity index (χ0v) is 21.9. The van der Waals surface area contributed by atoms with Gasteiger partial charge in [-0.3, -0.25) is 0 Å². The minimum atomic E-state index is -2.97. The van der Waals surface area contributed by atoms with Gasteiger partial charge in [-0.05, 0) is 62.0 Å². The summed E-state index contributed by atoms with van der Waals surface area (Å²) in [4.78, 5) is 14.8. The van der Waals surface area contributed by atoms with Gasteiger partial charge in [0.25, 0.3) is 5.92 Å². The van der Waals surface area contributed by atoms with Gasteiger partial charge in [0.15, 0.2) is 6.10 Å². The molecule has 1 aliphatic rings. The van der Waals surface area contributed by atoms with Crippen molar-refractivity contribution in [3.8, 4) is 17.2 Å². The van der Waals surface area contributed by atoms with Crippen LogP contribution in [0.1, 0.15) is 12.0 Å². The van der Waals surface area contributed by atoms with Crippen molar-refractivity contribution in [2.75, 3.05) is 25.5 Å². The first kappa shape index (κ1) is 25.0. The first-order chi connectivity index (χ1) is 18.8. The number of likely N-dealkylation sites (tertiary alicyclic amines) is 1. The molecular formula is C29H28F2N6O2. The van der Waals surface area contributed by atoms with Crippen molar-refractivity contribution in [1.29, 1.82) is 0 Å². The highest BCUT2D eigenvalue weighted by Gasteiger charge is 2.45. The van der Waals surface area contributed by atoms with Crippen molar-refractivity contribution in [3.63, 3.8) is 0 Å². The van der Waals surface area contributed by atoms with Gasteiger partial charge in [-0.1, -0.05) is 6.07 Å². The predicted molar refractivity (Wildman–Crippen MR) is 146 cm³/mol. The van der Waals surface area contributed by atoms with Crippen LogP contribution < -0.4 is 14.8 Å². The number of benzene rings is 3. The molecule has 39 heavy (non-hydrogen) atoms. The van der Waals surface area contributed by atoms with Crippen LogP contribution in [0.3, 0.4) is 0 Å². The third kappa shape index (κ3) is 4.95. The van der Waals surface area contributed by atoms with Crippen molar-refractivity contribution in [3.05, 3.63) is 72.8 Å². The SMILES string of the molecule is Cc1cc(Nc2ncnc3cccc(OC4CCN(C)CC4(F)F)c23)ccc1Oc1ccc2c(c1)ncn2C. The number of piperidine rings is 1. The maximum absolute atomic E-state index is 14.7. The van der Waals surface area contributed by atoms with E-state index in [2.05, 4.69) is 20.3 Å². The number of nitrogens with one attached hydrogen (secondary N) is 1. The van der Waals surface area contributed by atoms with Gasteiger partial charge in [0.2, 0.25) is 0 Å². The topological polar surface area (TPSA) is 77.3 Å². The van der Waals surface area contributed by atoms with E-state index in [0.717, 1.165) is 22.3 Å². The third-order valence-electron chi connectivity index (χ3n) is 6.98. The van der Waals surface area contributed by atoms with Crippen molar-refractivity contribution < 1.29 is 18.3 Å². The number of fused-ring (bicyclic) bond motifs is 2. The molecule has 0 spiro atoms. The summed E-state index contributed by atoms with van der Waals surface area (Å²) < 4.78 is 43.5. The smallest absolute Gasteiger partial charge is 0.296 e. The van der Waals surface area contributed by atoms with E-state index in [9.17, 15) is 8.78 Å². The van der Waals surface area contributed by atoms with Crippen LogP contribution in [0.5, 0.6) is 17.2 Å². The second-order valence-corrected chi connectivity index (χ2v) is 9.98. The van der Waals surface area contributed by atoms with E-state index in [4.69, 9.17) is 9.47 Å². The largest absolute Gasteiger partial charge is 0.483 e. The fraction of sp³-hybridized carbons (Fsp3) is 0.276. The molecule has 1 aliphatic heterocycles. The normalized spacial score (nSPS) is 17.4. The lowest BCUT2D eigenvalue weighted by Crippen LogP contribution is -2.52. The van der Waals surface area contributed by atoms with Crippen molar-refractivity contribution >= 4 is 33.4 Å². The molecule has 0 bridgehead atoms. The minimum absolute atomic E-state index is 0.226. The zero-order chi connectivity index (χ0) is 27.1. The number of aryl methyl sites for hydroxylation is 2. The fourth-order valence-corrected chi connectivity index (χ4v) is 4.94. The van der Waals surface area contributed by atoms with Gasteiger partial charge >= 0.3 is 0 Å². The molecule has 3 heterocycles. The van der Waals surface area contributed by atoms with Gasteiger partial charge in [-0.15, -0.1) is 0 Å². The molecule has 5 aromatic rings. The monoisotopic (exact) mass is 530 g/mol. The summed E-state index contributed by atoms with van der Waals surface area (Å²) >= 11 is 0. The molecule has 1 saturated heterocycles. The predicted octanol–water partition coefficient (Wildman–Crippen LogP) is 6.08. The second-order valence-electron chi connectivity index (χ2n) is 9.98. The van der Waals surface area contributed by atoms with E-state index in [0.29, 0.717) is 40.5 Å². The molecule has 200 valence electrons. The number of aromatic nitrogens is 4. The Hall–Kier alpha value is -4.31. The van der Waals surface area contributed by atoms with Gasteiger partial charge in [-0.25, -0.2) is 23.7 Å².